The van der Waals surface area contributed by atoms with Crippen LogP contribution in [0.2, 0.25) is 0 Å². The lowest BCUT2D eigenvalue weighted by Gasteiger charge is -2.31. The lowest BCUT2D eigenvalue weighted by atomic mass is 9.71. The molecule has 6 nitrogen and oxygen atoms in total. The van der Waals surface area contributed by atoms with Gasteiger partial charge < -0.3 is 14.9 Å². The van der Waals surface area contributed by atoms with E-state index in [1.807, 2.05) is 56.3 Å². The Balaban J connectivity index is 1.47. The van der Waals surface area contributed by atoms with Crippen molar-refractivity contribution in [2.24, 2.45) is 5.73 Å². The standard InChI is InChI=1S/C27H24N2O4/c1-27(2)20-15-17(32-22(26(28)31)10-7-16-11-13-29-14-12-16)8-9-18(20)24(30)23-19-5-3-4-6-21(19)33-25(23)27/h3-6,8-9,11-15,22H,7,10H2,1-2H3,(H2,28,31). The molecule has 4 aromatic rings. The fraction of sp³-hybridized carbons (Fsp3) is 0.222. The van der Waals surface area contributed by atoms with Crippen molar-refractivity contribution in [2.75, 3.05) is 0 Å². The first-order valence-electron chi connectivity index (χ1n) is 10.9. The Labute approximate surface area is 191 Å². The van der Waals surface area contributed by atoms with E-state index in [0.29, 0.717) is 41.1 Å². The van der Waals surface area contributed by atoms with Gasteiger partial charge in [0.2, 0.25) is 0 Å². The number of rotatable bonds is 6. The number of ether oxygens (including phenoxy) is 1. The Morgan fingerprint density at radius 2 is 1.88 bits per heavy atom. The number of pyridine rings is 1. The molecule has 166 valence electrons. The third-order valence-electron chi connectivity index (χ3n) is 6.34. The summed E-state index contributed by atoms with van der Waals surface area (Å²) in [5.41, 5.74) is 8.83. The third kappa shape index (κ3) is 3.57. The fourth-order valence-corrected chi connectivity index (χ4v) is 4.55. The van der Waals surface area contributed by atoms with Crippen LogP contribution in [-0.2, 0) is 16.6 Å². The number of benzene rings is 2. The van der Waals surface area contributed by atoms with E-state index in [9.17, 15) is 9.59 Å². The average molecular weight is 440 g/mol. The van der Waals surface area contributed by atoms with Crippen LogP contribution in [0.5, 0.6) is 5.75 Å². The van der Waals surface area contributed by atoms with Crippen molar-refractivity contribution in [3.05, 3.63) is 95.0 Å². The molecule has 0 saturated carbocycles. The topological polar surface area (TPSA) is 95.4 Å². The van der Waals surface area contributed by atoms with Gasteiger partial charge in [0, 0.05) is 28.8 Å². The fourth-order valence-electron chi connectivity index (χ4n) is 4.55. The van der Waals surface area contributed by atoms with E-state index in [1.165, 1.54) is 0 Å². The molecule has 0 saturated heterocycles. The van der Waals surface area contributed by atoms with Gasteiger partial charge in [0.1, 0.15) is 17.1 Å². The van der Waals surface area contributed by atoms with Gasteiger partial charge in [0.05, 0.1) is 5.56 Å². The molecule has 0 aliphatic heterocycles. The molecule has 1 unspecified atom stereocenters. The maximum atomic E-state index is 13.4. The number of fused-ring (bicyclic) bond motifs is 4. The van der Waals surface area contributed by atoms with Gasteiger partial charge in [0.15, 0.2) is 11.9 Å². The number of primary amides is 1. The maximum Gasteiger partial charge on any atom is 0.258 e. The molecular formula is C27H24N2O4. The van der Waals surface area contributed by atoms with Gasteiger partial charge >= 0.3 is 0 Å². The summed E-state index contributed by atoms with van der Waals surface area (Å²) in [6, 6.07) is 16.7. The first-order valence-corrected chi connectivity index (χ1v) is 10.9. The van der Waals surface area contributed by atoms with Gasteiger partial charge in [-0.1, -0.05) is 18.2 Å². The monoisotopic (exact) mass is 440 g/mol. The van der Waals surface area contributed by atoms with Gasteiger partial charge in [-0.25, -0.2) is 0 Å². The molecule has 6 heteroatoms. The number of carbonyl (C=O) groups excluding carboxylic acids is 2. The van der Waals surface area contributed by atoms with Crippen molar-refractivity contribution >= 4 is 22.7 Å². The normalized spacial score (nSPS) is 15.0. The average Bonchev–Trinajstić information content (AvgIpc) is 3.22. The van der Waals surface area contributed by atoms with Crippen LogP contribution in [-0.4, -0.2) is 22.8 Å². The third-order valence-corrected chi connectivity index (χ3v) is 6.34. The summed E-state index contributed by atoms with van der Waals surface area (Å²) < 4.78 is 12.1. The molecule has 2 heterocycles. The molecule has 0 radical (unpaired) electrons. The number of para-hydroxylation sites is 1. The zero-order valence-electron chi connectivity index (χ0n) is 18.5. The van der Waals surface area contributed by atoms with Crippen LogP contribution >= 0.6 is 0 Å². The molecule has 5 rings (SSSR count). The number of hydrogen-bond acceptors (Lipinski definition) is 5. The molecule has 0 spiro atoms. The van der Waals surface area contributed by atoms with Crippen molar-refractivity contribution in [1.29, 1.82) is 0 Å². The number of nitrogens with two attached hydrogens (primary N) is 1. The first-order chi connectivity index (χ1) is 15.9. The van der Waals surface area contributed by atoms with Crippen molar-refractivity contribution in [3.63, 3.8) is 0 Å². The molecule has 1 atom stereocenters. The molecule has 0 fully saturated rings. The minimum Gasteiger partial charge on any atom is -0.481 e. The number of aryl methyl sites for hydroxylation is 1. The summed E-state index contributed by atoms with van der Waals surface area (Å²) in [4.78, 5) is 29.5. The van der Waals surface area contributed by atoms with E-state index < -0.39 is 17.4 Å². The minimum atomic E-state index is -0.791. The van der Waals surface area contributed by atoms with E-state index in [2.05, 4.69) is 4.98 Å². The van der Waals surface area contributed by atoms with Crippen LogP contribution in [0, 0.1) is 0 Å². The Morgan fingerprint density at radius 3 is 2.64 bits per heavy atom. The van der Waals surface area contributed by atoms with Crippen LogP contribution in [0.1, 0.15) is 53.1 Å². The van der Waals surface area contributed by atoms with Crippen LogP contribution in [0.3, 0.4) is 0 Å². The van der Waals surface area contributed by atoms with Crippen LogP contribution in [0.25, 0.3) is 11.0 Å². The van der Waals surface area contributed by atoms with Gasteiger partial charge in [-0.3, -0.25) is 14.6 Å². The first kappa shape index (κ1) is 20.9. The zero-order chi connectivity index (χ0) is 23.2. The van der Waals surface area contributed by atoms with Gasteiger partial charge in [-0.15, -0.1) is 0 Å². The second-order valence-corrected chi connectivity index (χ2v) is 8.87. The lowest BCUT2D eigenvalue weighted by molar-refractivity contribution is -0.124. The Morgan fingerprint density at radius 1 is 1.12 bits per heavy atom. The predicted octanol–water partition coefficient (Wildman–Crippen LogP) is 4.56. The number of hydrogen-bond donors (Lipinski definition) is 1. The number of aromatic nitrogens is 1. The SMILES string of the molecule is CC1(C)c2cc(OC(CCc3ccncc3)C(N)=O)ccc2C(=O)c2c1oc1ccccc21. The molecule has 0 bridgehead atoms. The minimum absolute atomic E-state index is 0.0695. The Kier molecular flexibility index (Phi) is 5.01. The molecule has 1 aliphatic rings. The highest BCUT2D eigenvalue weighted by atomic mass is 16.5. The highest BCUT2D eigenvalue weighted by Crippen LogP contribution is 2.46. The van der Waals surface area contributed by atoms with Gasteiger partial charge in [-0.2, -0.15) is 0 Å². The van der Waals surface area contributed by atoms with Crippen LogP contribution in [0.4, 0.5) is 0 Å². The van der Waals surface area contributed by atoms with E-state index >= 15 is 0 Å². The molecule has 2 aromatic heterocycles. The molecule has 1 aliphatic carbocycles. The molecular weight excluding hydrogens is 416 g/mol. The summed E-state index contributed by atoms with van der Waals surface area (Å²) in [6.45, 7) is 4.05. The van der Waals surface area contributed by atoms with Gasteiger partial charge in [-0.05, 0) is 74.2 Å². The number of furan rings is 1. The Bertz CT molecular complexity index is 1370. The van der Waals surface area contributed by atoms with E-state index in [4.69, 9.17) is 14.9 Å². The summed E-state index contributed by atoms with van der Waals surface area (Å²) in [5.74, 6) is 0.534. The highest BCUT2D eigenvalue weighted by molar-refractivity contribution is 6.19. The van der Waals surface area contributed by atoms with Crippen LogP contribution in [0.15, 0.2) is 71.4 Å². The van der Waals surface area contributed by atoms with Gasteiger partial charge in [0.25, 0.3) is 5.91 Å². The molecule has 33 heavy (non-hydrogen) atoms. The summed E-state index contributed by atoms with van der Waals surface area (Å²) >= 11 is 0. The quantitative estimate of drug-likeness (QED) is 0.474. The van der Waals surface area contributed by atoms with E-state index in [1.54, 1.807) is 24.5 Å². The summed E-state index contributed by atoms with van der Waals surface area (Å²) in [7, 11) is 0. The molecule has 2 aromatic carbocycles. The second-order valence-electron chi connectivity index (χ2n) is 8.87. The van der Waals surface area contributed by atoms with Crippen molar-refractivity contribution in [3.8, 4) is 5.75 Å². The van der Waals surface area contributed by atoms with Crippen molar-refractivity contribution < 1.29 is 18.7 Å². The largest absolute Gasteiger partial charge is 0.481 e. The number of carbonyl (C=O) groups is 2. The number of nitrogens with zero attached hydrogens (tertiary/aromatic N) is 1. The summed E-state index contributed by atoms with van der Waals surface area (Å²) in [5, 5.41) is 0.821. The maximum absolute atomic E-state index is 13.4. The summed E-state index contributed by atoms with van der Waals surface area (Å²) in [6.07, 6.45) is 3.70. The lowest BCUT2D eigenvalue weighted by Crippen LogP contribution is -2.34. The Hall–Kier alpha value is -3.93. The molecule has 1 amide bonds. The van der Waals surface area contributed by atoms with Crippen LogP contribution < -0.4 is 10.5 Å². The van der Waals surface area contributed by atoms with E-state index in [0.717, 1.165) is 16.5 Å². The smallest absolute Gasteiger partial charge is 0.258 e. The predicted molar refractivity (Wildman–Crippen MR) is 124 cm³/mol. The van der Waals surface area contributed by atoms with Crippen molar-refractivity contribution in [1.82, 2.24) is 4.98 Å². The van der Waals surface area contributed by atoms with E-state index in [-0.39, 0.29) is 5.78 Å². The number of ketones is 1. The number of amides is 1. The molecule has 2 N–H and O–H groups in total. The van der Waals surface area contributed by atoms with Crippen molar-refractivity contribution in [2.45, 2.75) is 38.2 Å². The highest BCUT2D eigenvalue weighted by Gasteiger charge is 2.41. The zero-order valence-corrected chi connectivity index (χ0v) is 18.5. The second kappa shape index (κ2) is 7.89.